The molecule has 1 fully saturated rings. The number of methoxy groups -OCH3 is 6. The van der Waals surface area contributed by atoms with Crippen molar-refractivity contribution in [1.82, 2.24) is 20.7 Å². The third-order valence-corrected chi connectivity index (χ3v) is 9.54. The van der Waals surface area contributed by atoms with Gasteiger partial charge in [-0.15, -0.1) is 0 Å². The topological polar surface area (TPSA) is 133 Å². The van der Waals surface area contributed by atoms with Gasteiger partial charge in [0.1, 0.15) is 17.4 Å². The van der Waals surface area contributed by atoms with E-state index in [4.69, 9.17) is 28.4 Å². The number of rotatable bonds is 9. The monoisotopic (exact) mass is 620 g/mol. The number of nitrogens with zero attached hydrogens (tertiary/aromatic N) is 1. The van der Waals surface area contributed by atoms with Crippen LogP contribution in [0.3, 0.4) is 0 Å². The highest BCUT2D eigenvalue weighted by molar-refractivity contribution is 5.95. The van der Waals surface area contributed by atoms with Gasteiger partial charge in [-0.1, -0.05) is 0 Å². The summed E-state index contributed by atoms with van der Waals surface area (Å²) in [5.74, 6) is 1.11. The van der Waals surface area contributed by atoms with Crippen molar-refractivity contribution < 1.29 is 38.0 Å². The first-order valence-corrected chi connectivity index (χ1v) is 15.0. The SMILES string of the molecule is COC(=O)[C@@H]1C(OC)=C(NNC(=O)c2cc(OC)c(OC)c(OC)c2)C[C@@H]2CN3CCc4c([nH]c5cc(OC)ccc45)[C@H]3C[C@@H]21. The molecule has 0 unspecified atom stereocenters. The summed E-state index contributed by atoms with van der Waals surface area (Å²) in [6, 6.07) is 9.44. The van der Waals surface area contributed by atoms with Crippen LogP contribution in [0.4, 0.5) is 0 Å². The summed E-state index contributed by atoms with van der Waals surface area (Å²) >= 11 is 0. The predicted octanol–water partition coefficient (Wildman–Crippen LogP) is 3.72. The molecule has 0 radical (unpaired) electrons. The van der Waals surface area contributed by atoms with Crippen LogP contribution in [-0.4, -0.2) is 77.5 Å². The maximum atomic E-state index is 13.4. The molecule has 1 amide bonds. The number of benzene rings is 2. The molecule has 1 aliphatic carbocycles. The fourth-order valence-corrected chi connectivity index (χ4v) is 7.46. The molecule has 3 N–H and O–H groups in total. The molecular weight excluding hydrogens is 580 g/mol. The Hall–Kier alpha value is -4.58. The Kier molecular flexibility index (Phi) is 8.41. The van der Waals surface area contributed by atoms with Crippen LogP contribution in [0.25, 0.3) is 10.9 Å². The van der Waals surface area contributed by atoms with Crippen LogP contribution >= 0.6 is 0 Å². The summed E-state index contributed by atoms with van der Waals surface area (Å²) < 4.78 is 32.9. The van der Waals surface area contributed by atoms with Crippen molar-refractivity contribution in [3.8, 4) is 23.0 Å². The van der Waals surface area contributed by atoms with Crippen LogP contribution in [0.15, 0.2) is 41.8 Å². The number of hydrogen-bond acceptors (Lipinski definition) is 10. The zero-order chi connectivity index (χ0) is 31.8. The van der Waals surface area contributed by atoms with Crippen molar-refractivity contribution >= 4 is 22.8 Å². The Morgan fingerprint density at radius 2 is 1.69 bits per heavy atom. The van der Waals surface area contributed by atoms with E-state index in [1.54, 1.807) is 26.4 Å². The molecule has 3 aliphatic rings. The van der Waals surface area contributed by atoms with Crippen molar-refractivity contribution in [2.24, 2.45) is 17.8 Å². The van der Waals surface area contributed by atoms with E-state index in [2.05, 4.69) is 26.8 Å². The highest BCUT2D eigenvalue weighted by atomic mass is 16.5. The molecule has 12 heteroatoms. The molecule has 2 aliphatic heterocycles. The Balaban J connectivity index is 1.28. The number of ether oxygens (including phenoxy) is 6. The van der Waals surface area contributed by atoms with Crippen molar-refractivity contribution in [2.45, 2.75) is 25.3 Å². The molecule has 0 saturated carbocycles. The Morgan fingerprint density at radius 1 is 0.933 bits per heavy atom. The molecule has 2 aromatic carbocycles. The molecule has 3 heterocycles. The molecule has 240 valence electrons. The maximum absolute atomic E-state index is 13.4. The van der Waals surface area contributed by atoms with Gasteiger partial charge >= 0.3 is 5.97 Å². The lowest BCUT2D eigenvalue weighted by molar-refractivity contribution is -0.150. The average molecular weight is 621 g/mol. The summed E-state index contributed by atoms with van der Waals surface area (Å²) in [6.07, 6.45) is 2.29. The van der Waals surface area contributed by atoms with Crippen molar-refractivity contribution in [1.29, 1.82) is 0 Å². The molecular formula is C33H40N4O8. The molecule has 6 rings (SSSR count). The quantitative estimate of drug-likeness (QED) is 0.240. The number of allylic oxidation sites excluding steroid dienone is 1. The van der Waals surface area contributed by atoms with E-state index in [9.17, 15) is 9.59 Å². The van der Waals surface area contributed by atoms with E-state index in [0.717, 1.165) is 37.2 Å². The van der Waals surface area contributed by atoms with Crippen molar-refractivity contribution in [3.63, 3.8) is 0 Å². The number of hydrogen-bond donors (Lipinski definition) is 3. The first kappa shape index (κ1) is 30.4. The third kappa shape index (κ3) is 5.26. The van der Waals surface area contributed by atoms with Gasteiger partial charge < -0.3 is 33.4 Å². The second-order valence-electron chi connectivity index (χ2n) is 11.6. The molecule has 0 spiro atoms. The largest absolute Gasteiger partial charge is 0.498 e. The number of H-pyrrole nitrogens is 1. The van der Waals surface area contributed by atoms with Crippen LogP contribution in [-0.2, 0) is 20.7 Å². The Morgan fingerprint density at radius 3 is 2.33 bits per heavy atom. The molecule has 1 aromatic heterocycles. The number of aromatic nitrogens is 1. The Bertz CT molecular complexity index is 1620. The van der Waals surface area contributed by atoms with Gasteiger partial charge in [0.15, 0.2) is 11.5 Å². The van der Waals surface area contributed by atoms with E-state index in [1.165, 1.54) is 45.1 Å². The van der Waals surface area contributed by atoms with Gasteiger partial charge in [-0.2, -0.15) is 0 Å². The lowest BCUT2D eigenvalue weighted by Gasteiger charge is -2.50. The summed E-state index contributed by atoms with van der Waals surface area (Å²) in [7, 11) is 9.11. The number of carbonyl (C=O) groups is 2. The van der Waals surface area contributed by atoms with Crippen LogP contribution in [0, 0.1) is 17.8 Å². The lowest BCUT2D eigenvalue weighted by Crippen LogP contribution is -2.52. The number of piperidine rings is 1. The minimum atomic E-state index is -0.628. The summed E-state index contributed by atoms with van der Waals surface area (Å²) in [5.41, 5.74) is 10.4. The smallest absolute Gasteiger partial charge is 0.316 e. The number of hydrazine groups is 1. The number of amides is 1. The molecule has 0 bridgehead atoms. The number of fused-ring (bicyclic) bond motifs is 6. The van der Waals surface area contributed by atoms with Gasteiger partial charge in [0.2, 0.25) is 5.75 Å². The minimum Gasteiger partial charge on any atom is -0.498 e. The standard InChI is InChI=1S/C33H40N4O8/c1-40-19-7-8-20-21-9-10-37-16-18-11-24(35-36-32(38)17-12-26(41-2)31(44-5)27(13-17)42-3)30(43-4)28(33(39)45-6)22(18)15-25(37)29(21)34-23(20)14-19/h7-8,12-14,18,22,25,28,34-35H,9-11,15-16H2,1-6H3,(H,36,38)/t18-,22+,25-,28+/m1/s1. The van der Waals surface area contributed by atoms with Crippen LogP contribution in [0.5, 0.6) is 23.0 Å². The van der Waals surface area contributed by atoms with Gasteiger partial charge in [0.25, 0.3) is 5.91 Å². The van der Waals surface area contributed by atoms with E-state index < -0.39 is 11.8 Å². The summed E-state index contributed by atoms with van der Waals surface area (Å²) in [6.45, 7) is 1.72. The van der Waals surface area contributed by atoms with Crippen molar-refractivity contribution in [2.75, 3.05) is 55.7 Å². The zero-order valence-corrected chi connectivity index (χ0v) is 26.4. The highest BCUT2D eigenvalue weighted by Gasteiger charge is 2.50. The molecule has 3 aromatic rings. The van der Waals surface area contributed by atoms with Gasteiger partial charge in [0, 0.05) is 41.3 Å². The van der Waals surface area contributed by atoms with E-state index in [1.807, 2.05) is 12.1 Å². The van der Waals surface area contributed by atoms with E-state index in [0.29, 0.717) is 40.7 Å². The maximum Gasteiger partial charge on any atom is 0.316 e. The van der Waals surface area contributed by atoms with E-state index in [-0.39, 0.29) is 23.8 Å². The van der Waals surface area contributed by atoms with Gasteiger partial charge in [-0.25, -0.2) is 0 Å². The van der Waals surface area contributed by atoms with Crippen LogP contribution in [0.1, 0.15) is 40.5 Å². The Labute approximate surface area is 261 Å². The molecule has 1 saturated heterocycles. The molecule has 4 atom stereocenters. The number of nitrogens with one attached hydrogen (secondary N) is 3. The third-order valence-electron chi connectivity index (χ3n) is 9.54. The number of aromatic amines is 1. The normalized spacial score (nSPS) is 22.4. The summed E-state index contributed by atoms with van der Waals surface area (Å²) in [5, 5.41) is 1.22. The average Bonchev–Trinajstić information content (AvgIpc) is 3.46. The number of carbonyl (C=O) groups excluding carboxylic acids is 2. The second-order valence-corrected chi connectivity index (χ2v) is 11.6. The highest BCUT2D eigenvalue weighted by Crippen LogP contribution is 2.50. The van der Waals surface area contributed by atoms with Crippen LogP contribution < -0.4 is 29.8 Å². The van der Waals surface area contributed by atoms with Crippen molar-refractivity contribution in [3.05, 3.63) is 58.6 Å². The zero-order valence-electron chi connectivity index (χ0n) is 26.4. The van der Waals surface area contributed by atoms with Crippen LogP contribution in [0.2, 0.25) is 0 Å². The van der Waals surface area contributed by atoms with Gasteiger partial charge in [0.05, 0.1) is 54.4 Å². The predicted molar refractivity (Wildman–Crippen MR) is 165 cm³/mol. The molecule has 12 nitrogen and oxygen atoms in total. The van der Waals surface area contributed by atoms with E-state index >= 15 is 0 Å². The fourth-order valence-electron chi connectivity index (χ4n) is 7.46. The van der Waals surface area contributed by atoms with Gasteiger partial charge in [-0.3, -0.25) is 25.3 Å². The summed E-state index contributed by atoms with van der Waals surface area (Å²) in [4.78, 5) is 32.9. The lowest BCUT2D eigenvalue weighted by atomic mass is 9.67. The first-order valence-electron chi connectivity index (χ1n) is 15.0. The minimum absolute atomic E-state index is 0.0167. The fraction of sp³-hybridized carbons (Fsp3) is 0.455. The van der Waals surface area contributed by atoms with Gasteiger partial charge in [-0.05, 0) is 60.9 Å². The second kappa shape index (κ2) is 12.4. The molecule has 45 heavy (non-hydrogen) atoms. The number of esters is 1. The first-order chi connectivity index (χ1) is 21.8.